The van der Waals surface area contributed by atoms with Crippen LogP contribution in [0.1, 0.15) is 30.9 Å². The first kappa shape index (κ1) is 22.6. The van der Waals surface area contributed by atoms with Gasteiger partial charge in [-0.05, 0) is 29.2 Å². The predicted molar refractivity (Wildman–Crippen MR) is 121 cm³/mol. The Bertz CT molecular complexity index is 1010. The molecule has 3 rings (SSSR count). The van der Waals surface area contributed by atoms with E-state index in [9.17, 15) is 19.7 Å². The molecule has 2 amide bonds. The summed E-state index contributed by atoms with van der Waals surface area (Å²) in [7, 11) is 0. The van der Waals surface area contributed by atoms with E-state index >= 15 is 0 Å². The van der Waals surface area contributed by atoms with Crippen LogP contribution in [0.15, 0.2) is 58.8 Å². The number of amides is 2. The average molecular weight is 440 g/mol. The van der Waals surface area contributed by atoms with E-state index < -0.39 is 4.92 Å². The minimum absolute atomic E-state index is 0.0548. The number of carbonyl (C=O) groups excluding carboxylic acids is 2. The Morgan fingerprint density at radius 1 is 1.13 bits per heavy atom. The van der Waals surface area contributed by atoms with E-state index in [2.05, 4.69) is 20.4 Å². The van der Waals surface area contributed by atoms with Gasteiger partial charge in [-0.3, -0.25) is 19.7 Å². The Hall–Kier alpha value is -3.13. The van der Waals surface area contributed by atoms with Crippen LogP contribution in [0, 0.1) is 10.1 Å². The van der Waals surface area contributed by atoms with Gasteiger partial charge in [0, 0.05) is 42.7 Å². The fourth-order valence-corrected chi connectivity index (χ4v) is 4.63. The van der Waals surface area contributed by atoms with Gasteiger partial charge < -0.3 is 9.80 Å². The van der Waals surface area contributed by atoms with Crippen molar-refractivity contribution in [3.63, 3.8) is 0 Å². The maximum atomic E-state index is 12.8. The van der Waals surface area contributed by atoms with Crippen molar-refractivity contribution in [3.8, 4) is 0 Å². The van der Waals surface area contributed by atoms with Crippen LogP contribution >= 0.6 is 11.8 Å². The van der Waals surface area contributed by atoms with Gasteiger partial charge in [-0.15, -0.1) is 0 Å². The monoisotopic (exact) mass is 439 g/mol. The zero-order chi connectivity index (χ0) is 22.5. The average Bonchev–Trinajstić information content (AvgIpc) is 2.78. The minimum Gasteiger partial charge on any atom is -0.342 e. The lowest BCUT2D eigenvalue weighted by Gasteiger charge is -2.33. The van der Waals surface area contributed by atoms with Crippen LogP contribution in [0.3, 0.4) is 0 Å². The Balaban J connectivity index is 1.84. The highest BCUT2D eigenvalue weighted by Gasteiger charge is 2.25. The van der Waals surface area contributed by atoms with Gasteiger partial charge in [-0.25, -0.2) is 0 Å². The summed E-state index contributed by atoms with van der Waals surface area (Å²) in [5, 5.41) is 11.8. The number of carbonyl (C=O) groups is 2. The molecule has 0 saturated carbocycles. The van der Waals surface area contributed by atoms with E-state index in [1.165, 1.54) is 17.8 Å². The van der Waals surface area contributed by atoms with Crippen molar-refractivity contribution in [3.05, 3.63) is 70.3 Å². The van der Waals surface area contributed by atoms with Crippen LogP contribution in [0.4, 0.5) is 5.69 Å². The molecule has 8 heteroatoms. The molecule has 0 atom stereocenters. The second-order valence-electron chi connectivity index (χ2n) is 7.65. The standard InChI is InChI=1S/C23H25N3O4S/c1-16(2)19-6-4-5-7-21(19)31-22-9-8-18(14-20(22)26(29)30)17(3)23(28)25-12-10-24(15-27)11-13-25/h4-9,14-16H,3,10-13H2,1-2H3. The highest BCUT2D eigenvalue weighted by Crippen LogP contribution is 2.39. The third-order valence-electron chi connectivity index (χ3n) is 5.27. The summed E-state index contributed by atoms with van der Waals surface area (Å²) >= 11 is 1.35. The van der Waals surface area contributed by atoms with E-state index in [0.717, 1.165) is 16.9 Å². The molecule has 0 bridgehead atoms. The van der Waals surface area contributed by atoms with E-state index in [1.54, 1.807) is 21.9 Å². The first-order chi connectivity index (χ1) is 14.8. The molecule has 1 aliphatic heterocycles. The molecule has 0 unspecified atom stereocenters. The summed E-state index contributed by atoms with van der Waals surface area (Å²) in [5.41, 5.74) is 1.71. The van der Waals surface area contributed by atoms with Gasteiger partial charge >= 0.3 is 0 Å². The third-order valence-corrected chi connectivity index (χ3v) is 6.43. The van der Waals surface area contributed by atoms with Gasteiger partial charge in [0.1, 0.15) is 0 Å². The van der Waals surface area contributed by atoms with Crippen LogP contribution in [0.25, 0.3) is 5.57 Å². The molecule has 2 aromatic carbocycles. The number of nitro benzene ring substituents is 1. The van der Waals surface area contributed by atoms with Crippen molar-refractivity contribution in [2.75, 3.05) is 26.2 Å². The number of nitrogens with zero attached hydrogens (tertiary/aromatic N) is 3. The van der Waals surface area contributed by atoms with Crippen molar-refractivity contribution in [1.29, 1.82) is 0 Å². The lowest BCUT2D eigenvalue weighted by Crippen LogP contribution is -2.48. The lowest BCUT2D eigenvalue weighted by atomic mass is 10.0. The predicted octanol–water partition coefficient (Wildman–Crippen LogP) is 4.18. The number of piperazine rings is 1. The molecule has 1 saturated heterocycles. The number of hydrogen-bond donors (Lipinski definition) is 0. The Morgan fingerprint density at radius 2 is 1.81 bits per heavy atom. The molecule has 162 valence electrons. The highest BCUT2D eigenvalue weighted by atomic mass is 32.2. The minimum atomic E-state index is -0.426. The molecule has 31 heavy (non-hydrogen) atoms. The fraction of sp³-hybridized carbons (Fsp3) is 0.304. The van der Waals surface area contributed by atoms with E-state index in [1.807, 2.05) is 24.3 Å². The molecule has 1 aliphatic rings. The number of hydrogen-bond acceptors (Lipinski definition) is 5. The Morgan fingerprint density at radius 3 is 2.42 bits per heavy atom. The molecule has 1 fully saturated rings. The second kappa shape index (κ2) is 9.78. The smallest absolute Gasteiger partial charge is 0.283 e. The largest absolute Gasteiger partial charge is 0.342 e. The second-order valence-corrected chi connectivity index (χ2v) is 8.73. The highest BCUT2D eigenvalue weighted by molar-refractivity contribution is 7.99. The molecule has 0 spiro atoms. The maximum absolute atomic E-state index is 12.8. The van der Waals surface area contributed by atoms with Crippen LogP contribution in [-0.2, 0) is 9.59 Å². The van der Waals surface area contributed by atoms with Crippen LogP contribution in [0.5, 0.6) is 0 Å². The maximum Gasteiger partial charge on any atom is 0.283 e. The lowest BCUT2D eigenvalue weighted by molar-refractivity contribution is -0.387. The molecule has 2 aromatic rings. The van der Waals surface area contributed by atoms with Gasteiger partial charge in [0.05, 0.1) is 9.82 Å². The molecule has 0 aromatic heterocycles. The number of rotatable bonds is 7. The van der Waals surface area contributed by atoms with Crippen molar-refractivity contribution in [2.45, 2.75) is 29.6 Å². The first-order valence-corrected chi connectivity index (χ1v) is 10.9. The van der Waals surface area contributed by atoms with Crippen LogP contribution in [-0.4, -0.2) is 53.2 Å². The summed E-state index contributed by atoms with van der Waals surface area (Å²) in [6.45, 7) is 9.82. The van der Waals surface area contributed by atoms with Crippen molar-refractivity contribution in [1.82, 2.24) is 9.80 Å². The SMILES string of the molecule is C=C(C(=O)N1CCN(C=O)CC1)c1ccc(Sc2ccccc2C(C)C)c([N+](=O)[O-])c1. The summed E-state index contributed by atoms with van der Waals surface area (Å²) in [6.07, 6.45) is 0.772. The van der Waals surface area contributed by atoms with E-state index in [4.69, 9.17) is 0 Å². The molecule has 0 aliphatic carbocycles. The summed E-state index contributed by atoms with van der Waals surface area (Å²) in [6, 6.07) is 12.7. The number of nitro groups is 1. The molecule has 7 nitrogen and oxygen atoms in total. The van der Waals surface area contributed by atoms with Gasteiger partial charge in [0.25, 0.3) is 11.6 Å². The first-order valence-electron chi connectivity index (χ1n) is 10.0. The molecule has 0 N–H and O–H groups in total. The Labute approximate surface area is 185 Å². The van der Waals surface area contributed by atoms with E-state index in [0.29, 0.717) is 42.6 Å². The quantitative estimate of drug-likeness (QED) is 0.280. The summed E-state index contributed by atoms with van der Waals surface area (Å²) in [5.74, 6) is 0.0181. The van der Waals surface area contributed by atoms with Gasteiger partial charge in [-0.2, -0.15) is 0 Å². The van der Waals surface area contributed by atoms with Crippen LogP contribution in [0.2, 0.25) is 0 Å². The molecule has 1 heterocycles. The zero-order valence-electron chi connectivity index (χ0n) is 17.6. The van der Waals surface area contributed by atoms with Crippen molar-refractivity contribution >= 4 is 35.3 Å². The Kier molecular flexibility index (Phi) is 7.12. The molecule has 0 radical (unpaired) electrons. The number of benzene rings is 2. The van der Waals surface area contributed by atoms with Crippen LogP contribution < -0.4 is 0 Å². The van der Waals surface area contributed by atoms with Crippen molar-refractivity contribution in [2.24, 2.45) is 0 Å². The van der Waals surface area contributed by atoms with Crippen molar-refractivity contribution < 1.29 is 14.5 Å². The zero-order valence-corrected chi connectivity index (χ0v) is 18.4. The summed E-state index contributed by atoms with van der Waals surface area (Å²) in [4.78, 5) is 39.7. The van der Waals surface area contributed by atoms with Gasteiger partial charge in [0.2, 0.25) is 6.41 Å². The normalized spacial score (nSPS) is 13.9. The molecular formula is C23H25N3O4S. The fourth-order valence-electron chi connectivity index (χ4n) is 3.45. The topological polar surface area (TPSA) is 83.8 Å². The third kappa shape index (κ3) is 5.14. The van der Waals surface area contributed by atoms with Gasteiger partial charge in [-0.1, -0.05) is 56.5 Å². The van der Waals surface area contributed by atoms with E-state index in [-0.39, 0.29) is 17.2 Å². The summed E-state index contributed by atoms with van der Waals surface area (Å²) < 4.78 is 0. The van der Waals surface area contributed by atoms with Gasteiger partial charge in [0.15, 0.2) is 0 Å². The molecular weight excluding hydrogens is 414 g/mol.